The molecule has 160 valence electrons. The molecule has 4 rings (SSSR count). The molecule has 1 fully saturated rings. The molecule has 0 radical (unpaired) electrons. The summed E-state index contributed by atoms with van der Waals surface area (Å²) < 4.78 is 5.57. The van der Waals surface area contributed by atoms with Crippen LogP contribution in [-0.2, 0) is 10.2 Å². The van der Waals surface area contributed by atoms with Gasteiger partial charge in [0.2, 0.25) is 5.88 Å². The second-order valence-electron chi connectivity index (χ2n) is 8.22. The van der Waals surface area contributed by atoms with Crippen molar-refractivity contribution >= 4 is 5.78 Å². The average Bonchev–Trinajstić information content (AvgIpc) is 2.82. The Morgan fingerprint density at radius 2 is 1.74 bits per heavy atom. The molecule has 5 nitrogen and oxygen atoms in total. The van der Waals surface area contributed by atoms with Gasteiger partial charge in [-0.2, -0.15) is 5.10 Å². The van der Waals surface area contributed by atoms with Crippen molar-refractivity contribution in [2.75, 3.05) is 20.2 Å². The van der Waals surface area contributed by atoms with Crippen molar-refractivity contribution in [3.63, 3.8) is 0 Å². The Morgan fingerprint density at radius 1 is 1.03 bits per heavy atom. The summed E-state index contributed by atoms with van der Waals surface area (Å²) >= 11 is 0. The Balaban J connectivity index is 1.94. The number of benzene rings is 2. The maximum Gasteiger partial charge on any atom is 0.238 e. The largest absolute Gasteiger partial charge is 0.480 e. The Bertz CT molecular complexity index is 1060. The monoisotopic (exact) mass is 415 g/mol. The first-order chi connectivity index (χ1) is 15.1. The topological polar surface area (TPSA) is 64.1 Å². The number of hydrogen-bond donors (Lipinski definition) is 1. The quantitative estimate of drug-likeness (QED) is 0.654. The van der Waals surface area contributed by atoms with Gasteiger partial charge in [-0.05, 0) is 74.0 Å². The van der Waals surface area contributed by atoms with E-state index in [2.05, 4.69) is 39.8 Å². The number of nitrogens with one attached hydrogen (secondary N) is 1. The van der Waals surface area contributed by atoms with Gasteiger partial charge in [0, 0.05) is 5.56 Å². The minimum Gasteiger partial charge on any atom is -0.480 e. The highest BCUT2D eigenvalue weighted by atomic mass is 16.5. The first-order valence-corrected chi connectivity index (χ1v) is 10.8. The molecule has 31 heavy (non-hydrogen) atoms. The summed E-state index contributed by atoms with van der Waals surface area (Å²) in [5.41, 5.74) is 3.90. The van der Waals surface area contributed by atoms with E-state index in [9.17, 15) is 4.79 Å². The molecule has 0 unspecified atom stereocenters. The van der Waals surface area contributed by atoms with E-state index < -0.39 is 5.41 Å². The van der Waals surface area contributed by atoms with Crippen LogP contribution in [0.25, 0.3) is 0 Å². The lowest BCUT2D eigenvalue weighted by atomic mass is 9.66. The second-order valence-corrected chi connectivity index (χ2v) is 8.22. The van der Waals surface area contributed by atoms with Crippen molar-refractivity contribution in [3.8, 4) is 5.88 Å². The number of carbonyl (C=O) groups excluding carboxylic acids is 1. The fourth-order valence-corrected chi connectivity index (χ4v) is 4.95. The third kappa shape index (κ3) is 3.74. The number of aromatic nitrogens is 2. The minimum absolute atomic E-state index is 0.0164. The number of piperidine rings is 1. The lowest BCUT2D eigenvalue weighted by molar-refractivity contribution is -0.120. The lowest BCUT2D eigenvalue weighted by Gasteiger charge is -2.35. The normalized spacial score (nSPS) is 16.5. The summed E-state index contributed by atoms with van der Waals surface area (Å²) in [5, 5.41) is 11.6. The zero-order chi connectivity index (χ0) is 21.8. The maximum atomic E-state index is 13.6. The smallest absolute Gasteiger partial charge is 0.238 e. The molecule has 1 aliphatic heterocycles. The molecule has 0 saturated carbocycles. The van der Waals surface area contributed by atoms with E-state index in [0.29, 0.717) is 17.4 Å². The number of carbonyl (C=O) groups is 1. The molecule has 0 bridgehead atoms. The third-order valence-corrected chi connectivity index (χ3v) is 6.52. The first kappa shape index (κ1) is 21.2. The van der Waals surface area contributed by atoms with Gasteiger partial charge in [0.25, 0.3) is 0 Å². The van der Waals surface area contributed by atoms with Crippen molar-refractivity contribution in [1.82, 2.24) is 15.5 Å². The number of ketones is 1. The van der Waals surface area contributed by atoms with Crippen LogP contribution in [0, 0.1) is 6.92 Å². The van der Waals surface area contributed by atoms with Gasteiger partial charge in [-0.25, -0.2) is 0 Å². The molecule has 2 heterocycles. The average molecular weight is 416 g/mol. The summed E-state index contributed by atoms with van der Waals surface area (Å²) in [6.07, 6.45) is 3.89. The summed E-state index contributed by atoms with van der Waals surface area (Å²) in [6, 6.07) is 18.5. The highest BCUT2D eigenvalue weighted by Crippen LogP contribution is 2.44. The number of methoxy groups -OCH3 is 1. The Hall–Kier alpha value is -3.05. The first-order valence-electron chi connectivity index (χ1n) is 10.8. The van der Waals surface area contributed by atoms with Crippen molar-refractivity contribution in [2.45, 2.75) is 38.0 Å². The van der Waals surface area contributed by atoms with Crippen LogP contribution in [-0.4, -0.2) is 36.2 Å². The van der Waals surface area contributed by atoms with E-state index in [-0.39, 0.29) is 5.78 Å². The molecule has 2 aromatic carbocycles. The Labute approximate surface area is 183 Å². The molecule has 0 amide bonds. The van der Waals surface area contributed by atoms with Crippen molar-refractivity contribution in [1.29, 1.82) is 0 Å². The van der Waals surface area contributed by atoms with E-state index >= 15 is 0 Å². The second kappa shape index (κ2) is 8.98. The molecule has 1 N–H and O–H groups in total. The van der Waals surface area contributed by atoms with Crippen LogP contribution in [0.3, 0.4) is 0 Å². The molecule has 1 aromatic heterocycles. The van der Waals surface area contributed by atoms with E-state index in [0.717, 1.165) is 42.6 Å². The van der Waals surface area contributed by atoms with Gasteiger partial charge in [0.05, 0.1) is 13.3 Å². The molecule has 3 aromatic rings. The SMILES string of the molecule is COc1nnccc1[C@@](C(C)=O)(c1ccc(C2CCNCC2)cc1)c1ccccc1C. The van der Waals surface area contributed by atoms with E-state index in [1.54, 1.807) is 20.2 Å². The number of Topliss-reactive ketones (excluding diaryl/α,β-unsaturated/α-hetero) is 1. The van der Waals surface area contributed by atoms with Crippen LogP contribution in [0.2, 0.25) is 0 Å². The van der Waals surface area contributed by atoms with Crippen molar-refractivity contribution < 1.29 is 9.53 Å². The number of nitrogens with zero attached hydrogens (tertiary/aromatic N) is 2. The fourth-order valence-electron chi connectivity index (χ4n) is 4.95. The van der Waals surface area contributed by atoms with Gasteiger partial charge >= 0.3 is 0 Å². The molecule has 1 saturated heterocycles. The summed E-state index contributed by atoms with van der Waals surface area (Å²) in [7, 11) is 1.57. The molecule has 1 atom stereocenters. The predicted octanol–water partition coefficient (Wildman–Crippen LogP) is 4.18. The van der Waals surface area contributed by atoms with Gasteiger partial charge in [-0.1, -0.05) is 48.5 Å². The Morgan fingerprint density at radius 3 is 2.39 bits per heavy atom. The van der Waals surface area contributed by atoms with Gasteiger partial charge in [-0.15, -0.1) is 5.10 Å². The van der Waals surface area contributed by atoms with Crippen molar-refractivity contribution in [2.24, 2.45) is 0 Å². The van der Waals surface area contributed by atoms with E-state index in [4.69, 9.17) is 4.74 Å². The fraction of sp³-hybridized carbons (Fsp3) is 0.346. The molecule has 1 aliphatic rings. The van der Waals surface area contributed by atoms with Gasteiger partial charge in [0.15, 0.2) is 0 Å². The molecule has 0 aliphatic carbocycles. The van der Waals surface area contributed by atoms with Crippen LogP contribution < -0.4 is 10.1 Å². The molecule has 0 spiro atoms. The molecular formula is C26H29N3O2. The van der Waals surface area contributed by atoms with Crippen molar-refractivity contribution in [3.05, 3.63) is 88.6 Å². The van der Waals surface area contributed by atoms with Gasteiger partial charge < -0.3 is 10.1 Å². The van der Waals surface area contributed by atoms with Crippen LogP contribution in [0.4, 0.5) is 0 Å². The summed E-state index contributed by atoms with van der Waals surface area (Å²) in [6.45, 7) is 5.78. The highest BCUT2D eigenvalue weighted by Gasteiger charge is 2.44. The highest BCUT2D eigenvalue weighted by molar-refractivity contribution is 5.97. The number of ether oxygens (including phenoxy) is 1. The lowest BCUT2D eigenvalue weighted by Crippen LogP contribution is -2.38. The van der Waals surface area contributed by atoms with Crippen LogP contribution in [0.5, 0.6) is 5.88 Å². The van der Waals surface area contributed by atoms with Gasteiger partial charge in [-0.3, -0.25) is 4.79 Å². The van der Waals surface area contributed by atoms with E-state index in [1.807, 2.05) is 37.3 Å². The standard InChI is InChI=1S/C26H29N3O2/c1-18-6-4-5-7-23(18)26(19(2)30,24-14-17-28-29-25(24)31-3)22-10-8-20(9-11-22)21-12-15-27-16-13-21/h4-11,14,17,21,27H,12-13,15-16H2,1-3H3/t26-/m0/s1. The van der Waals surface area contributed by atoms with Crippen LogP contribution >= 0.6 is 0 Å². The van der Waals surface area contributed by atoms with Crippen LogP contribution in [0.1, 0.15) is 53.5 Å². The third-order valence-electron chi connectivity index (χ3n) is 6.52. The maximum absolute atomic E-state index is 13.6. The molecular weight excluding hydrogens is 386 g/mol. The summed E-state index contributed by atoms with van der Waals surface area (Å²) in [4.78, 5) is 13.6. The zero-order valence-corrected chi connectivity index (χ0v) is 18.4. The zero-order valence-electron chi connectivity index (χ0n) is 18.4. The van der Waals surface area contributed by atoms with E-state index in [1.165, 1.54) is 5.56 Å². The van der Waals surface area contributed by atoms with Gasteiger partial charge in [0.1, 0.15) is 11.2 Å². The predicted molar refractivity (Wildman–Crippen MR) is 122 cm³/mol. The number of hydrogen-bond acceptors (Lipinski definition) is 5. The number of aryl methyl sites for hydroxylation is 1. The number of rotatable bonds is 6. The Kier molecular flexibility index (Phi) is 6.14. The molecule has 5 heteroatoms. The summed E-state index contributed by atoms with van der Waals surface area (Å²) in [5.74, 6) is 0.934. The minimum atomic E-state index is -1.03. The van der Waals surface area contributed by atoms with Crippen LogP contribution in [0.15, 0.2) is 60.8 Å².